The molecule has 4 aromatic rings. The normalized spacial score (nSPS) is 16.5. The number of anilines is 1. The number of hydrogen-bond donors (Lipinski definition) is 1. The molecule has 0 bridgehead atoms. The van der Waals surface area contributed by atoms with Crippen LogP contribution in [0.3, 0.4) is 0 Å². The fraction of sp³-hybridized carbons (Fsp3) is 0.250. The number of benzene rings is 2. The summed E-state index contributed by atoms with van der Waals surface area (Å²) in [5.74, 6) is 0.434. The van der Waals surface area contributed by atoms with Crippen LogP contribution < -0.4 is 4.90 Å². The minimum absolute atomic E-state index is 0.0511. The third-order valence-corrected chi connectivity index (χ3v) is 5.90. The molecule has 154 valence electrons. The van der Waals surface area contributed by atoms with Crippen LogP contribution in [0.15, 0.2) is 48.9 Å². The zero-order valence-corrected chi connectivity index (χ0v) is 16.8. The minimum atomic E-state index is -0.539. The third kappa shape index (κ3) is 3.40. The number of fused-ring (bicyclic) bond motifs is 2. The van der Waals surface area contributed by atoms with Crippen molar-refractivity contribution in [3.05, 3.63) is 54.7 Å². The lowest BCUT2D eigenvalue weighted by molar-refractivity contribution is 0.420. The number of nitrogens with zero attached hydrogens (tertiary/aromatic N) is 5. The van der Waals surface area contributed by atoms with Crippen molar-refractivity contribution >= 4 is 27.5 Å². The molecule has 0 aliphatic carbocycles. The topological polar surface area (TPSA) is 85.9 Å². The highest BCUT2D eigenvalue weighted by molar-refractivity contribution is 5.99. The van der Waals surface area contributed by atoms with Gasteiger partial charge in [-0.3, -0.25) is 4.98 Å². The molecule has 6 nitrogen and oxygen atoms in total. The smallest absolute Gasteiger partial charge is 0.175 e. The zero-order chi connectivity index (χ0) is 21.4. The summed E-state index contributed by atoms with van der Waals surface area (Å²) in [6.07, 6.45) is 5.45. The number of pyridine rings is 1. The quantitative estimate of drug-likeness (QED) is 0.518. The van der Waals surface area contributed by atoms with E-state index in [9.17, 15) is 5.11 Å². The van der Waals surface area contributed by atoms with Crippen LogP contribution in [0.1, 0.15) is 19.3 Å². The summed E-state index contributed by atoms with van der Waals surface area (Å²) < 4.78 is 15.7. The fourth-order valence-corrected chi connectivity index (χ4v) is 4.46. The van der Waals surface area contributed by atoms with E-state index in [1.807, 2.05) is 24.3 Å². The van der Waals surface area contributed by atoms with Gasteiger partial charge in [0.2, 0.25) is 0 Å². The predicted molar refractivity (Wildman–Crippen MR) is 117 cm³/mol. The molecule has 0 unspecified atom stereocenters. The third-order valence-electron chi connectivity index (χ3n) is 5.90. The molecule has 1 saturated heterocycles. The van der Waals surface area contributed by atoms with Crippen LogP contribution in [0.2, 0.25) is 0 Å². The number of aromatic nitrogens is 3. The predicted octanol–water partition coefficient (Wildman–Crippen LogP) is 4.82. The second-order valence-electron chi connectivity index (χ2n) is 7.91. The maximum absolute atomic E-state index is 15.7. The molecule has 1 atom stereocenters. The number of nitriles is 1. The Morgan fingerprint density at radius 2 is 2.03 bits per heavy atom. The summed E-state index contributed by atoms with van der Waals surface area (Å²) in [5, 5.41) is 21.4. The summed E-state index contributed by atoms with van der Waals surface area (Å²) in [4.78, 5) is 15.2. The van der Waals surface area contributed by atoms with Gasteiger partial charge in [-0.1, -0.05) is 24.3 Å². The maximum Gasteiger partial charge on any atom is 0.175 e. The van der Waals surface area contributed by atoms with Crippen molar-refractivity contribution in [3.8, 4) is 23.1 Å². The first-order valence-electron chi connectivity index (χ1n) is 10.3. The van der Waals surface area contributed by atoms with Gasteiger partial charge in [-0.2, -0.15) is 5.26 Å². The first-order chi connectivity index (χ1) is 15.2. The highest BCUT2D eigenvalue weighted by atomic mass is 19.1. The van der Waals surface area contributed by atoms with Gasteiger partial charge < -0.3 is 10.0 Å². The number of rotatable bonds is 3. The summed E-state index contributed by atoms with van der Waals surface area (Å²) in [6, 6.07) is 12.9. The van der Waals surface area contributed by atoms with Gasteiger partial charge in [0.25, 0.3) is 0 Å². The molecule has 0 radical (unpaired) electrons. The number of piperidine rings is 1. The highest BCUT2D eigenvalue weighted by Gasteiger charge is 2.24. The molecule has 5 rings (SSSR count). The van der Waals surface area contributed by atoms with Crippen LogP contribution in [-0.2, 0) is 0 Å². The number of hydrogen-bond acceptors (Lipinski definition) is 6. The van der Waals surface area contributed by atoms with E-state index >= 15 is 4.39 Å². The average Bonchev–Trinajstić information content (AvgIpc) is 2.79. The lowest BCUT2D eigenvalue weighted by Crippen LogP contribution is -2.36. The van der Waals surface area contributed by atoms with Crippen LogP contribution >= 0.6 is 0 Å². The van der Waals surface area contributed by atoms with Gasteiger partial charge in [-0.05, 0) is 41.7 Å². The lowest BCUT2D eigenvalue weighted by Gasteiger charge is -2.33. The Kier molecular flexibility index (Phi) is 4.83. The Morgan fingerprint density at radius 3 is 2.90 bits per heavy atom. The molecule has 7 heteroatoms. The Labute approximate surface area is 178 Å². The second-order valence-corrected chi connectivity index (χ2v) is 7.91. The highest BCUT2D eigenvalue weighted by Crippen LogP contribution is 2.36. The first-order valence-corrected chi connectivity index (χ1v) is 10.3. The van der Waals surface area contributed by atoms with Gasteiger partial charge in [-0.25, -0.2) is 14.4 Å². The standard InChI is InChI=1S/C24H20FN5O/c25-21-22(19-11-17(31)10-16-5-1-2-6-18(16)19)27-12-20-23(21)28-14-29-24(20)30-9-3-4-15(13-30)7-8-26/h1-2,5-6,10-12,14-15,31H,3-4,7,9,13H2/t15-/m0/s1. The zero-order valence-electron chi connectivity index (χ0n) is 16.8. The number of halogens is 1. The molecular formula is C24H20FN5O. The Bertz CT molecular complexity index is 1330. The van der Waals surface area contributed by atoms with Crippen molar-refractivity contribution in [2.75, 3.05) is 18.0 Å². The molecule has 0 amide bonds. The monoisotopic (exact) mass is 413 g/mol. The van der Waals surface area contributed by atoms with Gasteiger partial charge in [0, 0.05) is 31.3 Å². The summed E-state index contributed by atoms with van der Waals surface area (Å²) in [7, 11) is 0. The molecule has 1 N–H and O–H groups in total. The molecule has 1 fully saturated rings. The van der Waals surface area contributed by atoms with Gasteiger partial charge in [-0.15, -0.1) is 0 Å². The fourth-order valence-electron chi connectivity index (χ4n) is 4.46. The lowest BCUT2D eigenvalue weighted by atomic mass is 9.95. The van der Waals surface area contributed by atoms with Crippen molar-refractivity contribution in [1.82, 2.24) is 15.0 Å². The molecule has 31 heavy (non-hydrogen) atoms. The summed E-state index contributed by atoms with van der Waals surface area (Å²) in [5.41, 5.74) is 0.859. The molecule has 2 aromatic carbocycles. The number of phenolic OH excluding ortho intramolecular Hbond substituents is 1. The van der Waals surface area contributed by atoms with Crippen LogP contribution in [0.4, 0.5) is 10.2 Å². The van der Waals surface area contributed by atoms with Gasteiger partial charge in [0.05, 0.1) is 11.5 Å². The van der Waals surface area contributed by atoms with Crippen molar-refractivity contribution in [3.63, 3.8) is 0 Å². The van der Waals surface area contributed by atoms with E-state index in [0.29, 0.717) is 29.7 Å². The van der Waals surface area contributed by atoms with E-state index in [2.05, 4.69) is 25.9 Å². The van der Waals surface area contributed by atoms with Crippen molar-refractivity contribution < 1.29 is 9.50 Å². The second kappa shape index (κ2) is 7.80. The van der Waals surface area contributed by atoms with Crippen LogP contribution in [0.25, 0.3) is 32.9 Å². The maximum atomic E-state index is 15.7. The molecular weight excluding hydrogens is 393 g/mol. The summed E-state index contributed by atoms with van der Waals surface area (Å²) in [6.45, 7) is 1.51. The van der Waals surface area contributed by atoms with Crippen molar-refractivity contribution in [1.29, 1.82) is 5.26 Å². The van der Waals surface area contributed by atoms with Crippen LogP contribution in [0, 0.1) is 23.1 Å². The molecule has 3 heterocycles. The first kappa shape index (κ1) is 19.2. The molecule has 2 aromatic heterocycles. The van der Waals surface area contributed by atoms with Gasteiger partial charge in [0.1, 0.15) is 29.1 Å². The van der Waals surface area contributed by atoms with E-state index in [4.69, 9.17) is 5.26 Å². The van der Waals surface area contributed by atoms with Crippen molar-refractivity contribution in [2.45, 2.75) is 19.3 Å². The average molecular weight is 413 g/mol. The Balaban J connectivity index is 1.64. The van der Waals surface area contributed by atoms with Gasteiger partial charge in [0.15, 0.2) is 5.82 Å². The Hall–Kier alpha value is -3.79. The van der Waals surface area contributed by atoms with E-state index in [1.165, 1.54) is 12.4 Å². The SMILES string of the molecule is N#CC[C@@H]1CCCN(c2ncnc3c(F)c(-c4cc(O)cc5ccccc45)ncc23)C1. The van der Waals surface area contributed by atoms with Crippen molar-refractivity contribution in [2.24, 2.45) is 5.92 Å². The minimum Gasteiger partial charge on any atom is -0.508 e. The number of aromatic hydroxyl groups is 1. The molecule has 0 spiro atoms. The van der Waals surface area contributed by atoms with Gasteiger partial charge >= 0.3 is 0 Å². The van der Waals surface area contributed by atoms with Crippen LogP contribution in [0.5, 0.6) is 5.75 Å². The molecule has 1 aliphatic rings. The summed E-state index contributed by atoms with van der Waals surface area (Å²) >= 11 is 0. The molecule has 1 aliphatic heterocycles. The Morgan fingerprint density at radius 1 is 1.16 bits per heavy atom. The van der Waals surface area contributed by atoms with E-state index in [1.54, 1.807) is 12.3 Å². The van der Waals surface area contributed by atoms with E-state index in [-0.39, 0.29) is 22.9 Å². The van der Waals surface area contributed by atoms with E-state index in [0.717, 1.165) is 30.2 Å². The largest absolute Gasteiger partial charge is 0.508 e. The number of phenols is 1. The van der Waals surface area contributed by atoms with E-state index < -0.39 is 5.82 Å². The van der Waals surface area contributed by atoms with Crippen LogP contribution in [-0.4, -0.2) is 33.1 Å². The molecule has 0 saturated carbocycles.